The number of nitrogens with zero attached hydrogens (tertiary/aromatic N) is 2. The maximum absolute atomic E-state index is 12.9. The highest BCUT2D eigenvalue weighted by molar-refractivity contribution is 7.99. The molecule has 2 aromatic carbocycles. The fourth-order valence-electron chi connectivity index (χ4n) is 2.24. The van der Waals surface area contributed by atoms with Gasteiger partial charge in [-0.2, -0.15) is 0 Å². The number of thioether (sulfide) groups is 1. The van der Waals surface area contributed by atoms with Gasteiger partial charge in [0, 0.05) is 5.69 Å². The van der Waals surface area contributed by atoms with E-state index in [1.165, 1.54) is 41.6 Å². The SMILES string of the molecule is CCc1ccc(OCc2nc(SCC(=O)Nc3ccc(F)cc3)n[nH]2)cc1. The number of carbonyl (C=O) groups is 1. The average Bonchev–Trinajstić information content (AvgIpc) is 3.15. The number of halogens is 1. The highest BCUT2D eigenvalue weighted by Gasteiger charge is 2.09. The number of aromatic amines is 1. The molecule has 3 rings (SSSR count). The standard InChI is InChI=1S/C19H19FN4O2S/c1-2-13-3-9-16(10-4-13)26-11-17-22-19(24-23-17)27-12-18(25)21-15-7-5-14(20)6-8-15/h3-10H,2,11-12H2,1H3,(H,21,25)(H,22,23,24). The van der Waals surface area contributed by atoms with Gasteiger partial charge < -0.3 is 10.1 Å². The molecule has 0 radical (unpaired) electrons. The van der Waals surface area contributed by atoms with E-state index >= 15 is 0 Å². The molecule has 6 nitrogen and oxygen atoms in total. The van der Waals surface area contributed by atoms with E-state index in [9.17, 15) is 9.18 Å². The topological polar surface area (TPSA) is 79.9 Å². The van der Waals surface area contributed by atoms with Crippen molar-refractivity contribution in [1.82, 2.24) is 15.2 Å². The minimum absolute atomic E-state index is 0.147. The zero-order chi connectivity index (χ0) is 19.1. The van der Waals surface area contributed by atoms with E-state index in [4.69, 9.17) is 4.74 Å². The number of nitrogens with one attached hydrogen (secondary N) is 2. The highest BCUT2D eigenvalue weighted by Crippen LogP contribution is 2.16. The van der Waals surface area contributed by atoms with Crippen LogP contribution in [-0.2, 0) is 17.8 Å². The third-order valence-corrected chi connectivity index (χ3v) is 4.53. The number of hydrogen-bond acceptors (Lipinski definition) is 5. The molecule has 140 valence electrons. The number of benzene rings is 2. The maximum Gasteiger partial charge on any atom is 0.234 e. The molecule has 0 bridgehead atoms. The Labute approximate surface area is 160 Å². The molecule has 0 saturated heterocycles. The second-order valence-corrected chi connectivity index (χ2v) is 6.64. The number of hydrogen-bond donors (Lipinski definition) is 2. The van der Waals surface area contributed by atoms with Crippen molar-refractivity contribution in [3.63, 3.8) is 0 Å². The van der Waals surface area contributed by atoms with Gasteiger partial charge in [0.25, 0.3) is 0 Å². The van der Waals surface area contributed by atoms with Gasteiger partial charge in [0.15, 0.2) is 5.82 Å². The lowest BCUT2D eigenvalue weighted by molar-refractivity contribution is -0.113. The molecule has 0 unspecified atom stereocenters. The number of aromatic nitrogens is 3. The summed E-state index contributed by atoms with van der Waals surface area (Å²) in [6, 6.07) is 13.5. The van der Waals surface area contributed by atoms with Crippen LogP contribution in [0.3, 0.4) is 0 Å². The number of amides is 1. The monoisotopic (exact) mass is 386 g/mol. The molecule has 3 aromatic rings. The normalized spacial score (nSPS) is 10.6. The number of rotatable bonds is 8. The van der Waals surface area contributed by atoms with Gasteiger partial charge in [0.2, 0.25) is 11.1 Å². The van der Waals surface area contributed by atoms with E-state index in [0.29, 0.717) is 16.7 Å². The van der Waals surface area contributed by atoms with Crippen LogP contribution in [-0.4, -0.2) is 26.8 Å². The number of H-pyrrole nitrogens is 1. The van der Waals surface area contributed by atoms with E-state index in [-0.39, 0.29) is 24.1 Å². The molecule has 0 aliphatic rings. The molecule has 1 amide bonds. The fourth-order valence-corrected chi connectivity index (χ4v) is 2.86. The lowest BCUT2D eigenvalue weighted by atomic mass is 10.2. The summed E-state index contributed by atoms with van der Waals surface area (Å²) >= 11 is 1.20. The van der Waals surface area contributed by atoms with Crippen molar-refractivity contribution in [2.75, 3.05) is 11.1 Å². The number of carbonyl (C=O) groups excluding carboxylic acids is 1. The summed E-state index contributed by atoms with van der Waals surface area (Å²) in [5.74, 6) is 0.922. The van der Waals surface area contributed by atoms with Crippen molar-refractivity contribution >= 4 is 23.4 Å². The van der Waals surface area contributed by atoms with Gasteiger partial charge in [0.1, 0.15) is 18.2 Å². The zero-order valence-electron chi connectivity index (χ0n) is 14.7. The first-order valence-electron chi connectivity index (χ1n) is 8.43. The predicted molar refractivity (Wildman–Crippen MR) is 102 cm³/mol. The summed E-state index contributed by atoms with van der Waals surface area (Å²) < 4.78 is 18.5. The molecular formula is C19H19FN4O2S. The molecule has 0 atom stereocenters. The average molecular weight is 386 g/mol. The third-order valence-electron chi connectivity index (χ3n) is 3.68. The van der Waals surface area contributed by atoms with Crippen LogP contribution in [0.25, 0.3) is 0 Å². The molecule has 2 N–H and O–H groups in total. The largest absolute Gasteiger partial charge is 0.486 e. The van der Waals surface area contributed by atoms with Gasteiger partial charge in [-0.25, -0.2) is 9.37 Å². The van der Waals surface area contributed by atoms with Crippen LogP contribution >= 0.6 is 11.8 Å². The Bertz CT molecular complexity index is 881. The molecule has 0 fully saturated rings. The Hall–Kier alpha value is -2.87. The van der Waals surface area contributed by atoms with Crippen LogP contribution in [0.5, 0.6) is 5.75 Å². The summed E-state index contributed by atoms with van der Waals surface area (Å²) in [4.78, 5) is 16.2. The molecule has 0 aliphatic heterocycles. The van der Waals surface area contributed by atoms with Crippen LogP contribution in [0.4, 0.5) is 10.1 Å². The second kappa shape index (κ2) is 9.18. The van der Waals surface area contributed by atoms with Crippen molar-refractivity contribution < 1.29 is 13.9 Å². The van der Waals surface area contributed by atoms with Gasteiger partial charge in [-0.3, -0.25) is 9.89 Å². The van der Waals surface area contributed by atoms with Crippen molar-refractivity contribution in [2.24, 2.45) is 0 Å². The molecule has 27 heavy (non-hydrogen) atoms. The Balaban J connectivity index is 1.44. The number of ether oxygens (including phenoxy) is 1. The van der Waals surface area contributed by atoms with Crippen LogP contribution in [0, 0.1) is 5.82 Å². The van der Waals surface area contributed by atoms with Gasteiger partial charge in [0.05, 0.1) is 5.75 Å². The van der Waals surface area contributed by atoms with Gasteiger partial charge in [-0.05, 0) is 48.4 Å². The Morgan fingerprint density at radius 3 is 2.63 bits per heavy atom. The minimum atomic E-state index is -0.348. The molecule has 0 spiro atoms. The van der Waals surface area contributed by atoms with Crippen molar-refractivity contribution in [1.29, 1.82) is 0 Å². The Kier molecular flexibility index (Phi) is 6.43. The summed E-state index contributed by atoms with van der Waals surface area (Å²) in [6.45, 7) is 2.37. The number of anilines is 1. The molecule has 1 heterocycles. The Morgan fingerprint density at radius 2 is 1.93 bits per heavy atom. The highest BCUT2D eigenvalue weighted by atomic mass is 32.2. The van der Waals surface area contributed by atoms with Crippen molar-refractivity contribution in [2.45, 2.75) is 25.1 Å². The third kappa shape index (κ3) is 5.82. The molecule has 8 heteroatoms. The quantitative estimate of drug-likeness (QED) is 0.576. The molecular weight excluding hydrogens is 367 g/mol. The first-order valence-corrected chi connectivity index (χ1v) is 9.42. The molecule has 0 aliphatic carbocycles. The van der Waals surface area contributed by atoms with Crippen LogP contribution < -0.4 is 10.1 Å². The van der Waals surface area contributed by atoms with E-state index in [1.807, 2.05) is 24.3 Å². The molecule has 1 aromatic heterocycles. The van der Waals surface area contributed by atoms with E-state index in [2.05, 4.69) is 27.4 Å². The van der Waals surface area contributed by atoms with Crippen LogP contribution in [0.2, 0.25) is 0 Å². The van der Waals surface area contributed by atoms with Crippen molar-refractivity contribution in [3.05, 3.63) is 65.7 Å². The lowest BCUT2D eigenvalue weighted by Gasteiger charge is -2.04. The van der Waals surface area contributed by atoms with Crippen LogP contribution in [0.15, 0.2) is 53.7 Å². The van der Waals surface area contributed by atoms with Gasteiger partial charge in [-0.1, -0.05) is 30.8 Å². The lowest BCUT2D eigenvalue weighted by Crippen LogP contribution is -2.14. The fraction of sp³-hybridized carbons (Fsp3) is 0.211. The summed E-state index contributed by atoms with van der Waals surface area (Å²) in [5.41, 5.74) is 1.79. The van der Waals surface area contributed by atoms with E-state index in [1.54, 1.807) is 0 Å². The first-order chi connectivity index (χ1) is 13.1. The zero-order valence-corrected chi connectivity index (χ0v) is 15.6. The van der Waals surface area contributed by atoms with Crippen molar-refractivity contribution in [3.8, 4) is 5.75 Å². The summed E-state index contributed by atoms with van der Waals surface area (Å²) in [6.07, 6.45) is 0.984. The Morgan fingerprint density at radius 1 is 1.19 bits per heavy atom. The van der Waals surface area contributed by atoms with Gasteiger partial charge >= 0.3 is 0 Å². The summed E-state index contributed by atoms with van der Waals surface area (Å²) in [5, 5.41) is 10.0. The smallest absolute Gasteiger partial charge is 0.234 e. The first kappa shape index (κ1) is 18.9. The second-order valence-electron chi connectivity index (χ2n) is 5.69. The van der Waals surface area contributed by atoms with Gasteiger partial charge in [-0.15, -0.1) is 5.10 Å². The predicted octanol–water partition coefficient (Wildman–Crippen LogP) is 3.82. The summed E-state index contributed by atoms with van der Waals surface area (Å²) in [7, 11) is 0. The van der Waals surface area contributed by atoms with Crippen LogP contribution in [0.1, 0.15) is 18.3 Å². The minimum Gasteiger partial charge on any atom is -0.486 e. The van der Waals surface area contributed by atoms with E-state index in [0.717, 1.165) is 12.2 Å². The van der Waals surface area contributed by atoms with E-state index < -0.39 is 0 Å². The maximum atomic E-state index is 12.9. The molecule has 0 saturated carbocycles. The number of aryl methyl sites for hydroxylation is 1.